The molecule has 1 aliphatic heterocycles. The molecule has 0 saturated heterocycles. The van der Waals surface area contributed by atoms with Gasteiger partial charge in [0.05, 0.1) is 0 Å². The van der Waals surface area contributed by atoms with Crippen molar-refractivity contribution < 1.29 is 9.90 Å². The third-order valence-electron chi connectivity index (χ3n) is 2.26. The molecule has 0 aromatic heterocycles. The number of rotatable bonds is 6. The molecule has 0 spiro atoms. The maximum atomic E-state index is 10.2. The first kappa shape index (κ1) is 10.3. The van der Waals surface area contributed by atoms with E-state index in [0.29, 0.717) is 6.42 Å². The molecule has 1 aliphatic rings. The maximum absolute atomic E-state index is 10.2. The lowest BCUT2D eigenvalue weighted by atomic mass is 10.2. The van der Waals surface area contributed by atoms with Crippen LogP contribution in [0.1, 0.15) is 25.7 Å². The van der Waals surface area contributed by atoms with Gasteiger partial charge in [-0.3, -0.25) is 9.69 Å². The molecular formula is C10H17NO2. The highest BCUT2D eigenvalue weighted by molar-refractivity contribution is 5.66. The van der Waals surface area contributed by atoms with Crippen molar-refractivity contribution in [1.82, 2.24) is 4.90 Å². The van der Waals surface area contributed by atoms with Crippen molar-refractivity contribution in [3.05, 3.63) is 12.2 Å². The highest BCUT2D eigenvalue weighted by atomic mass is 16.4. The van der Waals surface area contributed by atoms with Crippen LogP contribution in [0.4, 0.5) is 0 Å². The molecule has 0 aliphatic carbocycles. The molecule has 1 N–H and O–H groups in total. The predicted octanol–water partition coefficient (Wildman–Crippen LogP) is 1.50. The zero-order valence-corrected chi connectivity index (χ0v) is 7.91. The molecule has 0 fully saturated rings. The largest absolute Gasteiger partial charge is 0.481 e. The third kappa shape index (κ3) is 4.68. The summed E-state index contributed by atoms with van der Waals surface area (Å²) < 4.78 is 0. The number of aliphatic carboxylic acids is 1. The number of nitrogens with zero attached hydrogens (tertiary/aromatic N) is 1. The molecule has 1 heterocycles. The molecule has 0 saturated carbocycles. The number of hydrogen-bond donors (Lipinski definition) is 1. The van der Waals surface area contributed by atoms with E-state index in [4.69, 9.17) is 5.11 Å². The lowest BCUT2D eigenvalue weighted by molar-refractivity contribution is -0.137. The summed E-state index contributed by atoms with van der Waals surface area (Å²) in [6, 6.07) is 0. The first-order valence-corrected chi connectivity index (χ1v) is 4.88. The van der Waals surface area contributed by atoms with E-state index in [-0.39, 0.29) is 0 Å². The SMILES string of the molecule is O=C(O)CCCCCN1CC=CC1. The number of hydrogen-bond acceptors (Lipinski definition) is 2. The van der Waals surface area contributed by atoms with Gasteiger partial charge in [0.15, 0.2) is 0 Å². The summed E-state index contributed by atoms with van der Waals surface area (Å²) in [4.78, 5) is 12.6. The summed E-state index contributed by atoms with van der Waals surface area (Å²) in [6.07, 6.45) is 7.64. The number of carboxylic acid groups (broad SMARTS) is 1. The van der Waals surface area contributed by atoms with E-state index < -0.39 is 5.97 Å². The van der Waals surface area contributed by atoms with Gasteiger partial charge in [0.25, 0.3) is 0 Å². The molecule has 3 heteroatoms. The van der Waals surface area contributed by atoms with Crippen LogP contribution in [-0.4, -0.2) is 35.6 Å². The fourth-order valence-electron chi connectivity index (χ4n) is 1.49. The van der Waals surface area contributed by atoms with Crippen molar-refractivity contribution in [3.63, 3.8) is 0 Å². The average Bonchev–Trinajstić information content (AvgIpc) is 2.55. The molecule has 3 nitrogen and oxygen atoms in total. The Kier molecular flexibility index (Phi) is 4.54. The van der Waals surface area contributed by atoms with Crippen LogP contribution in [0.25, 0.3) is 0 Å². The summed E-state index contributed by atoms with van der Waals surface area (Å²) in [6.45, 7) is 3.24. The molecule has 1 rings (SSSR count). The Labute approximate surface area is 79.0 Å². The van der Waals surface area contributed by atoms with E-state index in [9.17, 15) is 4.79 Å². The molecule has 0 atom stereocenters. The second-order valence-corrected chi connectivity index (χ2v) is 3.44. The molecule has 0 aromatic rings. The van der Waals surface area contributed by atoms with Gasteiger partial charge in [-0.2, -0.15) is 0 Å². The molecule has 13 heavy (non-hydrogen) atoms. The number of carboxylic acids is 1. The number of carbonyl (C=O) groups is 1. The Morgan fingerprint density at radius 1 is 1.23 bits per heavy atom. The Balaban J connectivity index is 1.86. The third-order valence-corrected chi connectivity index (χ3v) is 2.26. The molecule has 0 bridgehead atoms. The van der Waals surface area contributed by atoms with E-state index >= 15 is 0 Å². The minimum atomic E-state index is -0.678. The highest BCUT2D eigenvalue weighted by Crippen LogP contribution is 2.04. The smallest absolute Gasteiger partial charge is 0.303 e. The number of unbranched alkanes of at least 4 members (excludes halogenated alkanes) is 2. The van der Waals surface area contributed by atoms with Crippen LogP contribution in [-0.2, 0) is 4.79 Å². The van der Waals surface area contributed by atoms with Crippen molar-refractivity contribution in [2.24, 2.45) is 0 Å². The zero-order valence-electron chi connectivity index (χ0n) is 7.91. The quantitative estimate of drug-likeness (QED) is 0.501. The summed E-state index contributed by atoms with van der Waals surface area (Å²) in [5.74, 6) is -0.678. The van der Waals surface area contributed by atoms with Gasteiger partial charge >= 0.3 is 5.97 Å². The van der Waals surface area contributed by atoms with Gasteiger partial charge in [0, 0.05) is 19.5 Å². The molecule has 0 unspecified atom stereocenters. The minimum absolute atomic E-state index is 0.318. The van der Waals surface area contributed by atoms with Gasteiger partial charge in [0.1, 0.15) is 0 Å². The van der Waals surface area contributed by atoms with Crippen LogP contribution in [0, 0.1) is 0 Å². The van der Waals surface area contributed by atoms with Gasteiger partial charge in [0.2, 0.25) is 0 Å². The molecule has 74 valence electrons. The minimum Gasteiger partial charge on any atom is -0.481 e. The van der Waals surface area contributed by atoms with E-state index in [1.807, 2.05) is 0 Å². The van der Waals surface area contributed by atoms with Gasteiger partial charge in [-0.05, 0) is 19.4 Å². The Hall–Kier alpha value is -0.830. The molecule has 0 aromatic carbocycles. The average molecular weight is 183 g/mol. The van der Waals surface area contributed by atoms with Crippen molar-refractivity contribution in [2.75, 3.05) is 19.6 Å². The van der Waals surface area contributed by atoms with Crippen molar-refractivity contribution in [2.45, 2.75) is 25.7 Å². The fourth-order valence-corrected chi connectivity index (χ4v) is 1.49. The van der Waals surface area contributed by atoms with Gasteiger partial charge in [-0.15, -0.1) is 0 Å². The van der Waals surface area contributed by atoms with Crippen molar-refractivity contribution in [1.29, 1.82) is 0 Å². The Morgan fingerprint density at radius 3 is 2.54 bits per heavy atom. The van der Waals surface area contributed by atoms with Crippen LogP contribution in [0.2, 0.25) is 0 Å². The van der Waals surface area contributed by atoms with Gasteiger partial charge < -0.3 is 5.11 Å². The Bertz CT molecular complexity index is 181. The van der Waals surface area contributed by atoms with Crippen molar-refractivity contribution in [3.8, 4) is 0 Å². The van der Waals surface area contributed by atoms with Crippen molar-refractivity contribution >= 4 is 5.97 Å². The summed E-state index contributed by atoms with van der Waals surface area (Å²) in [7, 11) is 0. The van der Waals surface area contributed by atoms with Crippen LogP contribution < -0.4 is 0 Å². The predicted molar refractivity (Wildman–Crippen MR) is 51.7 cm³/mol. The summed E-state index contributed by atoms with van der Waals surface area (Å²) in [5, 5.41) is 8.40. The first-order chi connectivity index (χ1) is 6.29. The van der Waals surface area contributed by atoms with E-state index in [0.717, 1.165) is 38.9 Å². The molecular weight excluding hydrogens is 166 g/mol. The van der Waals surface area contributed by atoms with E-state index in [1.165, 1.54) is 0 Å². The van der Waals surface area contributed by atoms with Gasteiger partial charge in [-0.1, -0.05) is 18.6 Å². The van der Waals surface area contributed by atoms with Crippen LogP contribution in [0.3, 0.4) is 0 Å². The van der Waals surface area contributed by atoms with Gasteiger partial charge in [-0.25, -0.2) is 0 Å². The topological polar surface area (TPSA) is 40.5 Å². The van der Waals surface area contributed by atoms with E-state index in [1.54, 1.807) is 0 Å². The monoisotopic (exact) mass is 183 g/mol. The van der Waals surface area contributed by atoms with Crippen LogP contribution in [0.5, 0.6) is 0 Å². The molecule has 0 radical (unpaired) electrons. The van der Waals surface area contributed by atoms with Crippen LogP contribution in [0.15, 0.2) is 12.2 Å². The molecule has 0 amide bonds. The maximum Gasteiger partial charge on any atom is 0.303 e. The standard InChI is InChI=1S/C10H17NO2/c12-10(13)6-2-1-3-7-11-8-4-5-9-11/h4-5H,1-3,6-9H2,(H,12,13). The first-order valence-electron chi connectivity index (χ1n) is 4.88. The summed E-state index contributed by atoms with van der Waals surface area (Å²) >= 11 is 0. The second-order valence-electron chi connectivity index (χ2n) is 3.44. The summed E-state index contributed by atoms with van der Waals surface area (Å²) in [5.41, 5.74) is 0. The zero-order chi connectivity index (χ0) is 9.52. The lowest BCUT2D eigenvalue weighted by Gasteiger charge is -2.13. The normalized spacial score (nSPS) is 16.6. The van der Waals surface area contributed by atoms with Crippen LogP contribution >= 0.6 is 0 Å². The second kappa shape index (κ2) is 5.75. The lowest BCUT2D eigenvalue weighted by Crippen LogP contribution is -2.20. The Morgan fingerprint density at radius 2 is 1.92 bits per heavy atom. The fraction of sp³-hybridized carbons (Fsp3) is 0.700. The van der Waals surface area contributed by atoms with E-state index in [2.05, 4.69) is 17.1 Å². The highest BCUT2D eigenvalue weighted by Gasteiger charge is 2.04.